The maximum Gasteiger partial charge on any atom is 0.416 e. The fraction of sp³-hybridized carbons (Fsp3) is 0.364. The number of thiazole rings is 1. The largest absolute Gasteiger partial charge is 0.416 e. The van der Waals surface area contributed by atoms with Crippen LogP contribution in [0, 0.1) is 0 Å². The number of halogens is 3. The van der Waals surface area contributed by atoms with E-state index in [4.69, 9.17) is 5.73 Å². The Hall–Kier alpha value is -1.30. The second-order valence-corrected chi connectivity index (χ2v) is 5.14. The van der Waals surface area contributed by atoms with Crippen LogP contribution in [0.5, 0.6) is 0 Å². The molecule has 0 amide bonds. The Balaban J connectivity index is 2.81. The van der Waals surface area contributed by atoms with Crippen LogP contribution in [0.2, 0.25) is 0 Å². The van der Waals surface area contributed by atoms with Gasteiger partial charge in [0, 0.05) is 0 Å². The molecule has 0 saturated heterocycles. The fourth-order valence-corrected chi connectivity index (χ4v) is 2.61. The Morgan fingerprint density at radius 2 is 1.94 bits per heavy atom. The number of rotatable bonds is 1. The van der Waals surface area contributed by atoms with Gasteiger partial charge in [0.2, 0.25) is 0 Å². The van der Waals surface area contributed by atoms with E-state index in [1.54, 1.807) is 13.8 Å². The van der Waals surface area contributed by atoms with Crippen molar-refractivity contribution in [2.24, 2.45) is 0 Å². The summed E-state index contributed by atoms with van der Waals surface area (Å²) in [6.45, 7) is 3.44. The SMILES string of the molecule is CC(C)c1c(C(F)(F)F)ccc2sc(N)nc12. The summed E-state index contributed by atoms with van der Waals surface area (Å²) in [7, 11) is 0. The Morgan fingerprint density at radius 3 is 2.47 bits per heavy atom. The van der Waals surface area contributed by atoms with Crippen molar-refractivity contribution in [2.45, 2.75) is 25.9 Å². The normalized spacial score (nSPS) is 12.6. The van der Waals surface area contributed by atoms with Crippen LogP contribution in [0.15, 0.2) is 12.1 Å². The van der Waals surface area contributed by atoms with Crippen LogP contribution in [-0.4, -0.2) is 4.98 Å². The summed E-state index contributed by atoms with van der Waals surface area (Å²) in [5.41, 5.74) is 5.52. The molecule has 0 unspecified atom stereocenters. The van der Waals surface area contributed by atoms with Crippen molar-refractivity contribution in [3.63, 3.8) is 0 Å². The standard InChI is InChI=1S/C11H11F3N2S/c1-5(2)8-6(11(12,13)14)3-4-7-9(8)16-10(15)17-7/h3-5H,1-2H3,(H2,15,16). The summed E-state index contributed by atoms with van der Waals surface area (Å²) < 4.78 is 39.4. The smallest absolute Gasteiger partial charge is 0.375 e. The molecule has 0 spiro atoms. The number of hydrogen-bond acceptors (Lipinski definition) is 3. The molecule has 92 valence electrons. The van der Waals surface area contributed by atoms with E-state index >= 15 is 0 Å². The number of alkyl halides is 3. The van der Waals surface area contributed by atoms with Gasteiger partial charge in [-0.1, -0.05) is 25.2 Å². The van der Waals surface area contributed by atoms with Crippen LogP contribution in [0.3, 0.4) is 0 Å². The Labute approximate surface area is 100 Å². The average Bonchev–Trinajstić information content (AvgIpc) is 2.53. The molecule has 0 aliphatic rings. The summed E-state index contributed by atoms with van der Waals surface area (Å²) in [4.78, 5) is 4.00. The molecular formula is C11H11F3N2S. The first-order valence-corrected chi connectivity index (χ1v) is 5.88. The summed E-state index contributed by atoms with van der Waals surface area (Å²) in [5, 5.41) is 0.293. The average molecular weight is 260 g/mol. The molecule has 0 radical (unpaired) electrons. The van der Waals surface area contributed by atoms with E-state index in [0.717, 1.165) is 6.07 Å². The molecule has 2 nitrogen and oxygen atoms in total. The van der Waals surface area contributed by atoms with Gasteiger partial charge in [0.25, 0.3) is 0 Å². The van der Waals surface area contributed by atoms with Gasteiger partial charge in [-0.25, -0.2) is 4.98 Å². The number of nitrogens with two attached hydrogens (primary N) is 1. The molecule has 1 aromatic heterocycles. The fourth-order valence-electron chi connectivity index (χ4n) is 1.86. The summed E-state index contributed by atoms with van der Waals surface area (Å²) in [6, 6.07) is 2.54. The number of aromatic nitrogens is 1. The van der Waals surface area contributed by atoms with Crippen LogP contribution in [0.4, 0.5) is 18.3 Å². The number of hydrogen-bond donors (Lipinski definition) is 1. The molecule has 0 atom stereocenters. The van der Waals surface area contributed by atoms with E-state index in [9.17, 15) is 13.2 Å². The molecule has 0 aliphatic carbocycles. The van der Waals surface area contributed by atoms with E-state index in [2.05, 4.69) is 4.98 Å². The van der Waals surface area contributed by atoms with Gasteiger partial charge in [0.05, 0.1) is 15.8 Å². The minimum Gasteiger partial charge on any atom is -0.375 e. The highest BCUT2D eigenvalue weighted by molar-refractivity contribution is 7.22. The quantitative estimate of drug-likeness (QED) is 0.841. The number of fused-ring (bicyclic) bond motifs is 1. The topological polar surface area (TPSA) is 38.9 Å². The Kier molecular flexibility index (Phi) is 2.77. The van der Waals surface area contributed by atoms with E-state index in [1.165, 1.54) is 17.4 Å². The van der Waals surface area contributed by atoms with Crippen molar-refractivity contribution < 1.29 is 13.2 Å². The molecule has 0 saturated carbocycles. The van der Waals surface area contributed by atoms with E-state index in [1.807, 2.05) is 0 Å². The zero-order valence-corrected chi connectivity index (χ0v) is 10.1. The lowest BCUT2D eigenvalue weighted by Crippen LogP contribution is -2.10. The van der Waals surface area contributed by atoms with Crippen LogP contribution in [0.25, 0.3) is 10.2 Å². The molecule has 1 aromatic carbocycles. The minimum atomic E-state index is -4.35. The molecular weight excluding hydrogens is 249 g/mol. The lowest BCUT2D eigenvalue weighted by molar-refractivity contribution is -0.138. The third-order valence-corrected chi connectivity index (χ3v) is 3.35. The molecule has 1 heterocycles. The lowest BCUT2D eigenvalue weighted by atomic mass is 9.95. The Morgan fingerprint density at radius 1 is 1.29 bits per heavy atom. The van der Waals surface area contributed by atoms with Crippen LogP contribution >= 0.6 is 11.3 Å². The van der Waals surface area contributed by atoms with Gasteiger partial charge in [-0.2, -0.15) is 13.2 Å². The molecule has 0 aliphatic heterocycles. The van der Waals surface area contributed by atoms with E-state index in [0.29, 0.717) is 15.3 Å². The van der Waals surface area contributed by atoms with Crippen molar-refractivity contribution in [2.75, 3.05) is 5.73 Å². The zero-order valence-electron chi connectivity index (χ0n) is 9.30. The number of nitrogen functional groups attached to an aromatic ring is 1. The summed E-state index contributed by atoms with van der Waals surface area (Å²) in [6.07, 6.45) is -4.35. The molecule has 0 fully saturated rings. The second kappa shape index (κ2) is 3.87. The lowest BCUT2D eigenvalue weighted by Gasteiger charge is -2.15. The first-order chi connectivity index (χ1) is 7.80. The third kappa shape index (κ3) is 2.09. The van der Waals surface area contributed by atoms with Gasteiger partial charge in [-0.15, -0.1) is 0 Å². The first-order valence-electron chi connectivity index (χ1n) is 5.07. The summed E-state index contributed by atoms with van der Waals surface area (Å²) >= 11 is 1.20. The third-order valence-electron chi connectivity index (χ3n) is 2.50. The van der Waals surface area contributed by atoms with Crippen molar-refractivity contribution in [1.82, 2.24) is 4.98 Å². The maximum atomic E-state index is 12.9. The highest BCUT2D eigenvalue weighted by Gasteiger charge is 2.35. The van der Waals surface area contributed by atoms with E-state index < -0.39 is 11.7 Å². The molecule has 2 aromatic rings. The van der Waals surface area contributed by atoms with Gasteiger partial charge < -0.3 is 5.73 Å². The molecule has 2 rings (SSSR count). The van der Waals surface area contributed by atoms with Gasteiger partial charge in [0.1, 0.15) is 0 Å². The summed E-state index contributed by atoms with van der Waals surface area (Å²) in [5.74, 6) is -0.253. The number of nitrogens with zero attached hydrogens (tertiary/aromatic N) is 1. The monoisotopic (exact) mass is 260 g/mol. The highest BCUT2D eigenvalue weighted by Crippen LogP contribution is 2.40. The van der Waals surface area contributed by atoms with Crippen LogP contribution in [0.1, 0.15) is 30.9 Å². The van der Waals surface area contributed by atoms with Crippen molar-refractivity contribution in [1.29, 1.82) is 0 Å². The van der Waals surface area contributed by atoms with Crippen molar-refractivity contribution in [3.8, 4) is 0 Å². The minimum absolute atomic E-state index is 0.225. The van der Waals surface area contributed by atoms with Gasteiger partial charge in [-0.05, 0) is 23.6 Å². The second-order valence-electron chi connectivity index (χ2n) is 4.08. The van der Waals surface area contributed by atoms with Crippen LogP contribution in [-0.2, 0) is 6.18 Å². The van der Waals surface area contributed by atoms with E-state index in [-0.39, 0.29) is 11.5 Å². The molecule has 17 heavy (non-hydrogen) atoms. The maximum absolute atomic E-state index is 12.9. The molecule has 6 heteroatoms. The van der Waals surface area contributed by atoms with Crippen molar-refractivity contribution >= 4 is 26.7 Å². The molecule has 2 N–H and O–H groups in total. The predicted molar refractivity (Wildman–Crippen MR) is 63.1 cm³/mol. The Bertz CT molecular complexity index is 558. The highest BCUT2D eigenvalue weighted by atomic mass is 32.1. The van der Waals surface area contributed by atoms with Gasteiger partial charge in [0.15, 0.2) is 5.13 Å². The van der Waals surface area contributed by atoms with Gasteiger partial charge in [-0.3, -0.25) is 0 Å². The van der Waals surface area contributed by atoms with Gasteiger partial charge >= 0.3 is 6.18 Å². The first kappa shape index (κ1) is 12.2. The predicted octanol–water partition coefficient (Wildman–Crippen LogP) is 4.02. The van der Waals surface area contributed by atoms with Crippen molar-refractivity contribution in [3.05, 3.63) is 23.3 Å². The van der Waals surface area contributed by atoms with Crippen LogP contribution < -0.4 is 5.73 Å². The zero-order chi connectivity index (χ0) is 12.8. The molecule has 0 bridgehead atoms. The number of benzene rings is 1. The number of anilines is 1.